The van der Waals surface area contributed by atoms with E-state index in [1.54, 1.807) is 22.9 Å². The van der Waals surface area contributed by atoms with Crippen LogP contribution in [-0.4, -0.2) is 27.4 Å². The van der Waals surface area contributed by atoms with Crippen LogP contribution in [0.25, 0.3) is 16.6 Å². The lowest BCUT2D eigenvalue weighted by Crippen LogP contribution is -2.24. The molecular formula is C25H22N4O2S. The zero-order chi connectivity index (χ0) is 22.3. The van der Waals surface area contributed by atoms with Gasteiger partial charge in [-0.2, -0.15) is 5.10 Å². The Bertz CT molecular complexity index is 1320. The van der Waals surface area contributed by atoms with Crippen LogP contribution in [0.3, 0.4) is 0 Å². The number of nitrogens with zero attached hydrogens (tertiary/aromatic N) is 3. The van der Waals surface area contributed by atoms with E-state index in [0.29, 0.717) is 21.7 Å². The topological polar surface area (TPSA) is 76.3 Å². The number of hydrazone groups is 1. The minimum absolute atomic E-state index is 0.0731. The fourth-order valence-electron chi connectivity index (χ4n) is 3.19. The van der Waals surface area contributed by atoms with Crippen LogP contribution in [0.5, 0.6) is 0 Å². The minimum Gasteiger partial charge on any atom is -0.272 e. The van der Waals surface area contributed by atoms with Gasteiger partial charge in [0, 0.05) is 0 Å². The van der Waals surface area contributed by atoms with Crippen molar-refractivity contribution in [1.82, 2.24) is 15.0 Å². The van der Waals surface area contributed by atoms with Gasteiger partial charge in [-0.1, -0.05) is 73.3 Å². The Labute approximate surface area is 190 Å². The molecule has 0 aliphatic rings. The van der Waals surface area contributed by atoms with Gasteiger partial charge >= 0.3 is 0 Å². The first-order valence-electron chi connectivity index (χ1n) is 10.3. The van der Waals surface area contributed by atoms with E-state index in [9.17, 15) is 9.59 Å². The van der Waals surface area contributed by atoms with Crippen LogP contribution in [0.2, 0.25) is 0 Å². The lowest BCUT2D eigenvalue weighted by Gasteiger charge is -2.12. The van der Waals surface area contributed by atoms with Gasteiger partial charge in [0.25, 0.3) is 11.5 Å². The summed E-state index contributed by atoms with van der Waals surface area (Å²) in [4.78, 5) is 30.1. The first kappa shape index (κ1) is 21.5. The molecule has 0 saturated carbocycles. The number of nitrogens with one attached hydrogen (secondary N) is 1. The lowest BCUT2D eigenvalue weighted by molar-refractivity contribution is -0.118. The van der Waals surface area contributed by atoms with E-state index >= 15 is 0 Å². The van der Waals surface area contributed by atoms with Gasteiger partial charge in [-0.15, -0.1) is 0 Å². The maximum absolute atomic E-state index is 13.2. The fraction of sp³-hybridized carbons (Fsp3) is 0.120. The number of rotatable bonds is 7. The molecule has 0 aliphatic carbocycles. The number of aryl methyl sites for hydroxylation is 1. The second-order valence-corrected chi connectivity index (χ2v) is 8.01. The van der Waals surface area contributed by atoms with E-state index in [1.807, 2.05) is 66.7 Å². The third-order valence-corrected chi connectivity index (χ3v) is 5.82. The van der Waals surface area contributed by atoms with Crippen molar-refractivity contribution in [3.8, 4) is 5.69 Å². The Morgan fingerprint density at radius 1 is 1.03 bits per heavy atom. The van der Waals surface area contributed by atoms with Crippen LogP contribution in [0.15, 0.2) is 93.9 Å². The van der Waals surface area contributed by atoms with Crippen molar-refractivity contribution in [3.05, 3.63) is 100 Å². The molecule has 1 heterocycles. The summed E-state index contributed by atoms with van der Waals surface area (Å²) in [6.45, 7) is 2.10. The predicted molar refractivity (Wildman–Crippen MR) is 130 cm³/mol. The van der Waals surface area contributed by atoms with E-state index in [1.165, 1.54) is 17.3 Å². The summed E-state index contributed by atoms with van der Waals surface area (Å²) in [5.41, 5.74) is 5.82. The van der Waals surface area contributed by atoms with Gasteiger partial charge in [-0.25, -0.2) is 10.4 Å². The smallest absolute Gasteiger partial charge is 0.266 e. The SMILES string of the molecule is CCc1ccc(/C=N/NC(=O)CSc2nc3ccccc3c(=O)n2-c2ccccc2)cc1. The number of amides is 1. The van der Waals surface area contributed by atoms with Crippen LogP contribution in [0.1, 0.15) is 18.1 Å². The Hall–Kier alpha value is -3.71. The summed E-state index contributed by atoms with van der Waals surface area (Å²) in [6, 6.07) is 24.5. The van der Waals surface area contributed by atoms with Crippen molar-refractivity contribution in [1.29, 1.82) is 0 Å². The molecular weight excluding hydrogens is 420 g/mol. The average Bonchev–Trinajstić information content (AvgIpc) is 2.84. The summed E-state index contributed by atoms with van der Waals surface area (Å²) >= 11 is 1.20. The third kappa shape index (κ3) is 4.95. The fourth-order valence-corrected chi connectivity index (χ4v) is 4.00. The number of carbonyl (C=O) groups excluding carboxylic acids is 1. The van der Waals surface area contributed by atoms with Crippen molar-refractivity contribution >= 4 is 34.8 Å². The largest absolute Gasteiger partial charge is 0.272 e. The average molecular weight is 443 g/mol. The standard InChI is InChI=1S/C25H22N4O2S/c1-2-18-12-14-19(15-13-18)16-26-28-23(30)17-32-25-27-22-11-7-6-10-21(22)24(31)29(25)20-8-4-3-5-9-20/h3-16H,2,17H2,1H3,(H,28,30)/b26-16+. The first-order chi connectivity index (χ1) is 15.7. The van der Waals surface area contributed by atoms with Crippen molar-refractivity contribution < 1.29 is 4.79 Å². The highest BCUT2D eigenvalue weighted by molar-refractivity contribution is 7.99. The number of fused-ring (bicyclic) bond motifs is 1. The van der Waals surface area contributed by atoms with Crippen LogP contribution in [0.4, 0.5) is 0 Å². The Balaban J connectivity index is 1.51. The molecule has 1 N–H and O–H groups in total. The second kappa shape index (κ2) is 10.1. The summed E-state index contributed by atoms with van der Waals surface area (Å²) in [7, 11) is 0. The van der Waals surface area contributed by atoms with Crippen LogP contribution >= 0.6 is 11.8 Å². The molecule has 3 aromatic carbocycles. The molecule has 1 amide bonds. The molecule has 0 spiro atoms. The number of thioether (sulfide) groups is 1. The lowest BCUT2D eigenvalue weighted by atomic mass is 10.1. The normalized spacial score (nSPS) is 11.2. The highest BCUT2D eigenvalue weighted by atomic mass is 32.2. The van der Waals surface area contributed by atoms with Gasteiger partial charge in [0.2, 0.25) is 0 Å². The molecule has 6 nitrogen and oxygen atoms in total. The number of hydrogen-bond acceptors (Lipinski definition) is 5. The number of carbonyl (C=O) groups is 1. The number of hydrogen-bond donors (Lipinski definition) is 1. The maximum atomic E-state index is 13.2. The Morgan fingerprint density at radius 3 is 2.50 bits per heavy atom. The first-order valence-corrected chi connectivity index (χ1v) is 11.2. The molecule has 7 heteroatoms. The van der Waals surface area contributed by atoms with E-state index in [-0.39, 0.29) is 17.2 Å². The highest BCUT2D eigenvalue weighted by Gasteiger charge is 2.14. The van der Waals surface area contributed by atoms with Gasteiger partial charge < -0.3 is 0 Å². The molecule has 160 valence electrons. The van der Waals surface area contributed by atoms with E-state index in [0.717, 1.165) is 12.0 Å². The van der Waals surface area contributed by atoms with Gasteiger partial charge in [0.1, 0.15) is 0 Å². The maximum Gasteiger partial charge on any atom is 0.266 e. The van der Waals surface area contributed by atoms with Crippen molar-refractivity contribution in [3.63, 3.8) is 0 Å². The molecule has 0 bridgehead atoms. The van der Waals surface area contributed by atoms with Crippen LogP contribution in [0, 0.1) is 0 Å². The number of benzene rings is 3. The predicted octanol–water partition coefficient (Wildman–Crippen LogP) is 4.19. The number of para-hydroxylation sites is 2. The summed E-state index contributed by atoms with van der Waals surface area (Å²) in [6.07, 6.45) is 2.58. The van der Waals surface area contributed by atoms with Crippen molar-refractivity contribution in [2.24, 2.45) is 5.10 Å². The van der Waals surface area contributed by atoms with E-state index < -0.39 is 0 Å². The highest BCUT2D eigenvalue weighted by Crippen LogP contribution is 2.21. The quantitative estimate of drug-likeness (QED) is 0.202. The molecule has 0 saturated heterocycles. The molecule has 4 aromatic rings. The van der Waals surface area contributed by atoms with Crippen molar-refractivity contribution in [2.75, 3.05) is 5.75 Å². The summed E-state index contributed by atoms with van der Waals surface area (Å²) in [5, 5.41) is 5.01. The van der Waals surface area contributed by atoms with Gasteiger partial charge in [0.15, 0.2) is 5.16 Å². The number of aromatic nitrogens is 2. The van der Waals surface area contributed by atoms with E-state index in [2.05, 4.69) is 22.4 Å². The zero-order valence-electron chi connectivity index (χ0n) is 17.6. The molecule has 0 aliphatic heterocycles. The summed E-state index contributed by atoms with van der Waals surface area (Å²) in [5.74, 6) is -0.206. The van der Waals surface area contributed by atoms with E-state index in [4.69, 9.17) is 0 Å². The van der Waals surface area contributed by atoms with Gasteiger partial charge in [0.05, 0.1) is 28.6 Å². The minimum atomic E-state index is -0.279. The monoisotopic (exact) mass is 442 g/mol. The van der Waals surface area contributed by atoms with Gasteiger partial charge in [-0.05, 0) is 41.8 Å². The third-order valence-electron chi connectivity index (χ3n) is 4.88. The molecule has 32 heavy (non-hydrogen) atoms. The molecule has 0 radical (unpaired) electrons. The molecule has 0 unspecified atom stereocenters. The van der Waals surface area contributed by atoms with Gasteiger partial charge in [-0.3, -0.25) is 14.2 Å². The zero-order valence-corrected chi connectivity index (χ0v) is 18.4. The van der Waals surface area contributed by atoms with Crippen molar-refractivity contribution in [2.45, 2.75) is 18.5 Å². The molecule has 4 rings (SSSR count). The Kier molecular flexibility index (Phi) is 6.77. The molecule has 0 fully saturated rings. The van der Waals surface area contributed by atoms with Crippen LogP contribution < -0.4 is 11.0 Å². The second-order valence-electron chi connectivity index (χ2n) is 7.06. The molecule has 0 atom stereocenters. The Morgan fingerprint density at radius 2 is 1.75 bits per heavy atom. The van der Waals surface area contributed by atoms with Crippen LogP contribution in [-0.2, 0) is 11.2 Å². The molecule has 1 aromatic heterocycles. The summed E-state index contributed by atoms with van der Waals surface area (Å²) < 4.78 is 1.54.